The Labute approximate surface area is 187 Å². The number of aryl methyl sites for hydroxylation is 2. The number of anilines is 1. The maximum Gasteiger partial charge on any atom is 0.251 e. The molecule has 0 saturated carbocycles. The summed E-state index contributed by atoms with van der Waals surface area (Å²) in [7, 11) is 0. The van der Waals surface area contributed by atoms with Crippen molar-refractivity contribution in [2.24, 2.45) is 0 Å². The number of carbonyl (C=O) groups is 2. The molecule has 0 atom stereocenters. The number of rotatable bonds is 9. The lowest BCUT2D eigenvalue weighted by Gasteiger charge is -2.10. The summed E-state index contributed by atoms with van der Waals surface area (Å²) in [5, 5.41) is 6.57. The predicted molar refractivity (Wildman–Crippen MR) is 126 cm³/mol. The number of nitrogens with one attached hydrogen (secondary N) is 2. The molecule has 0 fully saturated rings. The van der Waals surface area contributed by atoms with Crippen molar-refractivity contribution in [1.82, 2.24) is 14.9 Å². The Hall–Kier alpha value is -3.06. The van der Waals surface area contributed by atoms with Crippen molar-refractivity contribution in [3.8, 4) is 5.69 Å². The minimum atomic E-state index is -0.0816. The van der Waals surface area contributed by atoms with Gasteiger partial charge in [-0.25, -0.2) is 4.98 Å². The summed E-state index contributed by atoms with van der Waals surface area (Å²) in [6.07, 6.45) is 5.56. The lowest BCUT2D eigenvalue weighted by atomic mass is 10.1. The molecule has 0 aliphatic rings. The summed E-state index contributed by atoms with van der Waals surface area (Å²) >= 11 is 1.37. The Balaban J connectivity index is 1.59. The maximum atomic E-state index is 12.4. The van der Waals surface area contributed by atoms with E-state index in [1.54, 1.807) is 18.3 Å². The van der Waals surface area contributed by atoms with E-state index < -0.39 is 0 Å². The summed E-state index contributed by atoms with van der Waals surface area (Å²) in [6.45, 7) is 6.84. The third kappa shape index (κ3) is 6.21. The van der Waals surface area contributed by atoms with E-state index in [1.807, 2.05) is 54.9 Å². The Bertz CT molecular complexity index is 1040. The molecule has 0 aliphatic heterocycles. The SMILES string of the molecule is CCCCNC(=O)c1ccc(-n2ccnc2SCC(=O)Nc2ccc(C)c(C)c2)cc1. The van der Waals surface area contributed by atoms with E-state index in [0.717, 1.165) is 34.9 Å². The Morgan fingerprint density at radius 1 is 1.06 bits per heavy atom. The first-order chi connectivity index (χ1) is 15.0. The second-order valence-corrected chi connectivity index (χ2v) is 8.31. The van der Waals surface area contributed by atoms with Crippen LogP contribution >= 0.6 is 11.8 Å². The number of thioether (sulfide) groups is 1. The van der Waals surface area contributed by atoms with Gasteiger partial charge < -0.3 is 10.6 Å². The van der Waals surface area contributed by atoms with Crippen LogP contribution in [0.3, 0.4) is 0 Å². The molecule has 1 aromatic heterocycles. The van der Waals surface area contributed by atoms with Crippen LogP contribution in [-0.4, -0.2) is 33.7 Å². The summed E-state index contributed by atoms with van der Waals surface area (Å²) < 4.78 is 1.91. The van der Waals surface area contributed by atoms with Gasteiger partial charge in [0.05, 0.1) is 5.75 Å². The van der Waals surface area contributed by atoms with Crippen LogP contribution in [-0.2, 0) is 4.79 Å². The minimum absolute atomic E-state index is 0.0664. The molecule has 2 aromatic carbocycles. The third-order valence-corrected chi connectivity index (χ3v) is 5.92. The number of imidazole rings is 1. The Kier molecular flexibility index (Phi) is 7.89. The zero-order valence-electron chi connectivity index (χ0n) is 18.1. The number of nitrogens with zero attached hydrogens (tertiary/aromatic N) is 2. The largest absolute Gasteiger partial charge is 0.352 e. The van der Waals surface area contributed by atoms with Gasteiger partial charge in [0.2, 0.25) is 5.91 Å². The molecule has 2 N–H and O–H groups in total. The highest BCUT2D eigenvalue weighted by Crippen LogP contribution is 2.21. The van der Waals surface area contributed by atoms with Gasteiger partial charge in [-0.15, -0.1) is 0 Å². The van der Waals surface area contributed by atoms with Gasteiger partial charge in [0.25, 0.3) is 5.91 Å². The van der Waals surface area contributed by atoms with Gasteiger partial charge in [-0.1, -0.05) is 31.2 Å². The van der Waals surface area contributed by atoms with E-state index >= 15 is 0 Å². The fourth-order valence-corrected chi connectivity index (χ4v) is 3.77. The zero-order valence-corrected chi connectivity index (χ0v) is 19.0. The summed E-state index contributed by atoms with van der Waals surface area (Å²) in [5.41, 5.74) is 4.65. The van der Waals surface area contributed by atoms with Crippen molar-refractivity contribution in [3.05, 3.63) is 71.5 Å². The molecule has 162 valence electrons. The third-order valence-electron chi connectivity index (χ3n) is 4.95. The van der Waals surface area contributed by atoms with Gasteiger partial charge in [-0.3, -0.25) is 14.2 Å². The van der Waals surface area contributed by atoms with E-state index in [9.17, 15) is 9.59 Å². The van der Waals surface area contributed by atoms with E-state index in [4.69, 9.17) is 0 Å². The van der Waals surface area contributed by atoms with Crippen LogP contribution < -0.4 is 10.6 Å². The highest BCUT2D eigenvalue weighted by molar-refractivity contribution is 7.99. The van der Waals surface area contributed by atoms with Crippen LogP contribution in [0.2, 0.25) is 0 Å². The molecular formula is C24H28N4O2S. The predicted octanol–water partition coefficient (Wildman–Crippen LogP) is 4.75. The molecule has 2 amide bonds. The Morgan fingerprint density at radius 3 is 2.55 bits per heavy atom. The second-order valence-electron chi connectivity index (χ2n) is 7.37. The quantitative estimate of drug-likeness (QED) is 0.375. The van der Waals surface area contributed by atoms with Crippen LogP contribution in [0.5, 0.6) is 0 Å². The van der Waals surface area contributed by atoms with Crippen LogP contribution in [0.1, 0.15) is 41.3 Å². The normalized spacial score (nSPS) is 10.7. The molecule has 3 aromatic rings. The lowest BCUT2D eigenvalue weighted by Crippen LogP contribution is -2.24. The molecule has 7 heteroatoms. The minimum Gasteiger partial charge on any atom is -0.352 e. The van der Waals surface area contributed by atoms with Gasteiger partial charge >= 0.3 is 0 Å². The summed E-state index contributed by atoms with van der Waals surface area (Å²) in [5.74, 6) is 0.104. The molecule has 3 rings (SSSR count). The molecular weight excluding hydrogens is 408 g/mol. The molecule has 6 nitrogen and oxygen atoms in total. The molecule has 0 saturated heterocycles. The molecule has 0 unspecified atom stereocenters. The van der Waals surface area contributed by atoms with Gasteiger partial charge in [-0.2, -0.15) is 0 Å². The summed E-state index contributed by atoms with van der Waals surface area (Å²) in [6, 6.07) is 13.3. The van der Waals surface area contributed by atoms with E-state index in [0.29, 0.717) is 12.1 Å². The van der Waals surface area contributed by atoms with Crippen molar-refractivity contribution < 1.29 is 9.59 Å². The highest BCUT2D eigenvalue weighted by atomic mass is 32.2. The van der Waals surface area contributed by atoms with Crippen molar-refractivity contribution >= 4 is 29.3 Å². The molecule has 0 spiro atoms. The highest BCUT2D eigenvalue weighted by Gasteiger charge is 2.11. The number of hydrogen-bond acceptors (Lipinski definition) is 4. The van der Waals surface area contributed by atoms with Crippen molar-refractivity contribution in [3.63, 3.8) is 0 Å². The molecule has 0 radical (unpaired) electrons. The van der Waals surface area contributed by atoms with Crippen LogP contribution in [0, 0.1) is 13.8 Å². The first kappa shape index (κ1) is 22.6. The molecule has 31 heavy (non-hydrogen) atoms. The fourth-order valence-electron chi connectivity index (χ4n) is 2.99. The Morgan fingerprint density at radius 2 is 1.84 bits per heavy atom. The monoisotopic (exact) mass is 436 g/mol. The fraction of sp³-hybridized carbons (Fsp3) is 0.292. The van der Waals surface area contributed by atoms with Crippen molar-refractivity contribution in [2.45, 2.75) is 38.8 Å². The smallest absolute Gasteiger partial charge is 0.251 e. The number of amides is 2. The maximum absolute atomic E-state index is 12.4. The van der Waals surface area contributed by atoms with Gasteiger partial charge in [0.15, 0.2) is 5.16 Å². The average Bonchev–Trinajstić information content (AvgIpc) is 3.24. The topological polar surface area (TPSA) is 76.0 Å². The van der Waals surface area contributed by atoms with E-state index in [-0.39, 0.29) is 17.6 Å². The van der Waals surface area contributed by atoms with Crippen molar-refractivity contribution in [2.75, 3.05) is 17.6 Å². The van der Waals surface area contributed by atoms with Crippen LogP contribution in [0.4, 0.5) is 5.69 Å². The van der Waals surface area contributed by atoms with Gasteiger partial charge in [0, 0.05) is 35.9 Å². The summed E-state index contributed by atoms with van der Waals surface area (Å²) in [4.78, 5) is 28.9. The lowest BCUT2D eigenvalue weighted by molar-refractivity contribution is -0.113. The molecule has 0 bridgehead atoms. The average molecular weight is 437 g/mol. The standard InChI is InChI=1S/C24H28N4O2S/c1-4-5-12-25-23(30)19-7-10-21(11-8-19)28-14-13-26-24(28)31-16-22(29)27-20-9-6-17(2)18(3)15-20/h6-11,13-15H,4-5,12,16H2,1-3H3,(H,25,30)(H,27,29). The van der Waals surface area contributed by atoms with Crippen LogP contribution in [0.15, 0.2) is 60.0 Å². The number of hydrogen-bond donors (Lipinski definition) is 2. The van der Waals surface area contributed by atoms with Gasteiger partial charge in [-0.05, 0) is 67.8 Å². The first-order valence-electron chi connectivity index (χ1n) is 10.4. The first-order valence-corrected chi connectivity index (χ1v) is 11.4. The van der Waals surface area contributed by atoms with Crippen molar-refractivity contribution in [1.29, 1.82) is 0 Å². The van der Waals surface area contributed by atoms with Crippen LogP contribution in [0.25, 0.3) is 5.69 Å². The number of unbranched alkanes of at least 4 members (excludes halogenated alkanes) is 1. The van der Waals surface area contributed by atoms with E-state index in [2.05, 4.69) is 22.5 Å². The molecule has 0 aliphatic carbocycles. The van der Waals surface area contributed by atoms with Gasteiger partial charge in [0.1, 0.15) is 0 Å². The number of benzene rings is 2. The second kappa shape index (κ2) is 10.8. The van der Waals surface area contributed by atoms with E-state index in [1.165, 1.54) is 17.3 Å². The zero-order chi connectivity index (χ0) is 22.2. The number of carbonyl (C=O) groups excluding carboxylic acids is 2. The molecule has 1 heterocycles. The number of aromatic nitrogens is 2.